The van der Waals surface area contributed by atoms with Crippen molar-refractivity contribution in [2.24, 2.45) is 0 Å². The molecule has 1 nitrogen and oxygen atoms in total. The van der Waals surface area contributed by atoms with Crippen LogP contribution in [0.5, 0.6) is 0 Å². The summed E-state index contributed by atoms with van der Waals surface area (Å²) in [6.45, 7) is 1.99. The van der Waals surface area contributed by atoms with Gasteiger partial charge < -0.3 is 0 Å². The van der Waals surface area contributed by atoms with E-state index < -0.39 is 0 Å². The van der Waals surface area contributed by atoms with E-state index in [1.54, 1.807) is 0 Å². The van der Waals surface area contributed by atoms with Gasteiger partial charge >= 0.3 is 0 Å². The van der Waals surface area contributed by atoms with Gasteiger partial charge in [-0.15, -0.1) is 11.6 Å². The van der Waals surface area contributed by atoms with E-state index in [4.69, 9.17) is 34.8 Å². The Morgan fingerprint density at radius 2 is 2.00 bits per heavy atom. The summed E-state index contributed by atoms with van der Waals surface area (Å²) in [7, 11) is 0. The minimum Gasteiger partial charge on any atom is -0.235 e. The van der Waals surface area contributed by atoms with Gasteiger partial charge in [-0.05, 0) is 36.6 Å². The first-order valence-corrected chi connectivity index (χ1v) is 6.22. The number of pyridine rings is 1. The largest absolute Gasteiger partial charge is 0.235 e. The van der Waals surface area contributed by atoms with E-state index in [1.807, 2.05) is 25.1 Å². The number of rotatable bonds is 2. The number of alkyl halides is 1. The standard InChI is InChI=1S/C12H10Cl3N/c1-7-2-3-10(14)9-6-8(4-5-13)12(15)16-11(7)9/h2-3,6H,4-5H2,1H3. The number of halogens is 3. The molecule has 0 N–H and O–H groups in total. The van der Waals surface area contributed by atoms with Gasteiger partial charge in [-0.2, -0.15) is 0 Å². The van der Waals surface area contributed by atoms with Crippen molar-refractivity contribution in [1.82, 2.24) is 4.98 Å². The fourth-order valence-electron chi connectivity index (χ4n) is 1.66. The topological polar surface area (TPSA) is 12.9 Å². The number of fused-ring (bicyclic) bond motifs is 1. The minimum absolute atomic E-state index is 0.513. The van der Waals surface area contributed by atoms with Gasteiger partial charge in [-0.25, -0.2) is 4.98 Å². The highest BCUT2D eigenvalue weighted by Crippen LogP contribution is 2.29. The molecule has 0 amide bonds. The van der Waals surface area contributed by atoms with E-state index in [1.165, 1.54) is 0 Å². The first-order valence-electron chi connectivity index (χ1n) is 4.93. The lowest BCUT2D eigenvalue weighted by Gasteiger charge is -2.07. The Labute approximate surface area is 109 Å². The summed E-state index contributed by atoms with van der Waals surface area (Å²) in [5, 5.41) is 2.14. The first-order chi connectivity index (χ1) is 7.63. The Morgan fingerprint density at radius 1 is 1.25 bits per heavy atom. The van der Waals surface area contributed by atoms with Crippen molar-refractivity contribution in [3.63, 3.8) is 0 Å². The molecular weight excluding hydrogens is 264 g/mol. The maximum Gasteiger partial charge on any atom is 0.133 e. The van der Waals surface area contributed by atoms with E-state index in [-0.39, 0.29) is 0 Å². The molecule has 0 saturated heterocycles. The molecule has 2 rings (SSSR count). The normalized spacial score (nSPS) is 11.0. The van der Waals surface area contributed by atoms with E-state index >= 15 is 0 Å². The van der Waals surface area contributed by atoms with E-state index in [9.17, 15) is 0 Å². The monoisotopic (exact) mass is 273 g/mol. The van der Waals surface area contributed by atoms with Crippen molar-refractivity contribution >= 4 is 45.7 Å². The average Bonchev–Trinajstić information content (AvgIpc) is 2.26. The van der Waals surface area contributed by atoms with Crippen LogP contribution in [0.15, 0.2) is 18.2 Å². The van der Waals surface area contributed by atoms with Crippen LogP contribution in [0, 0.1) is 6.92 Å². The zero-order chi connectivity index (χ0) is 11.7. The number of hydrogen-bond acceptors (Lipinski definition) is 1. The van der Waals surface area contributed by atoms with Gasteiger partial charge in [0.25, 0.3) is 0 Å². The number of nitrogens with zero attached hydrogens (tertiary/aromatic N) is 1. The predicted octanol–water partition coefficient (Wildman–Crippen LogP) is 4.63. The third-order valence-electron chi connectivity index (χ3n) is 2.52. The van der Waals surface area contributed by atoms with Gasteiger partial charge in [0.2, 0.25) is 0 Å². The van der Waals surface area contributed by atoms with Crippen LogP contribution in [0.1, 0.15) is 11.1 Å². The molecule has 4 heteroatoms. The van der Waals surface area contributed by atoms with Gasteiger partial charge in [0, 0.05) is 16.3 Å². The summed E-state index contributed by atoms with van der Waals surface area (Å²) in [6.07, 6.45) is 0.702. The molecule has 0 saturated carbocycles. The van der Waals surface area contributed by atoms with Crippen molar-refractivity contribution in [3.8, 4) is 0 Å². The quantitative estimate of drug-likeness (QED) is 0.575. The van der Waals surface area contributed by atoms with Crippen molar-refractivity contribution in [1.29, 1.82) is 0 Å². The fourth-order valence-corrected chi connectivity index (χ4v) is 2.30. The van der Waals surface area contributed by atoms with Crippen LogP contribution in [-0.2, 0) is 6.42 Å². The molecule has 0 aliphatic carbocycles. The lowest BCUT2D eigenvalue weighted by molar-refractivity contribution is 1.13. The highest BCUT2D eigenvalue weighted by molar-refractivity contribution is 6.36. The van der Waals surface area contributed by atoms with Crippen LogP contribution in [0.3, 0.4) is 0 Å². The van der Waals surface area contributed by atoms with Gasteiger partial charge in [-0.3, -0.25) is 0 Å². The van der Waals surface area contributed by atoms with E-state index in [2.05, 4.69) is 4.98 Å². The molecule has 84 valence electrons. The molecule has 0 aliphatic heterocycles. The lowest BCUT2D eigenvalue weighted by atomic mass is 10.1. The zero-order valence-corrected chi connectivity index (χ0v) is 11.0. The van der Waals surface area contributed by atoms with Gasteiger partial charge in [0.15, 0.2) is 0 Å². The van der Waals surface area contributed by atoms with Crippen molar-refractivity contribution in [2.45, 2.75) is 13.3 Å². The molecule has 1 aromatic heterocycles. The first kappa shape index (κ1) is 12.0. The number of benzene rings is 1. The van der Waals surface area contributed by atoms with Crippen LogP contribution >= 0.6 is 34.8 Å². The molecule has 16 heavy (non-hydrogen) atoms. The summed E-state index contributed by atoms with van der Waals surface area (Å²) in [4.78, 5) is 4.38. The summed E-state index contributed by atoms with van der Waals surface area (Å²) >= 11 is 17.9. The Bertz CT molecular complexity index is 537. The molecule has 0 spiro atoms. The molecule has 0 fully saturated rings. The van der Waals surface area contributed by atoms with Crippen LogP contribution in [0.2, 0.25) is 10.2 Å². The molecule has 0 bridgehead atoms. The van der Waals surface area contributed by atoms with Gasteiger partial charge in [0.1, 0.15) is 5.15 Å². The molecule has 1 heterocycles. The highest BCUT2D eigenvalue weighted by Gasteiger charge is 2.08. The third-order valence-corrected chi connectivity index (χ3v) is 3.37. The minimum atomic E-state index is 0.513. The average molecular weight is 275 g/mol. The van der Waals surface area contributed by atoms with E-state index in [0.29, 0.717) is 22.5 Å². The lowest BCUT2D eigenvalue weighted by Crippen LogP contribution is -1.93. The van der Waals surface area contributed by atoms with Crippen molar-refractivity contribution in [3.05, 3.63) is 39.5 Å². The number of aryl methyl sites for hydroxylation is 2. The van der Waals surface area contributed by atoms with Crippen LogP contribution < -0.4 is 0 Å². The molecule has 0 radical (unpaired) electrons. The second-order valence-corrected chi connectivity index (χ2v) is 4.78. The molecular formula is C12H10Cl3N. The van der Waals surface area contributed by atoms with Crippen LogP contribution in [0.25, 0.3) is 10.9 Å². The Hall–Kier alpha value is -0.500. The maximum atomic E-state index is 6.14. The number of hydrogen-bond donors (Lipinski definition) is 0. The van der Waals surface area contributed by atoms with E-state index in [0.717, 1.165) is 22.0 Å². The summed E-state index contributed by atoms with van der Waals surface area (Å²) < 4.78 is 0. The molecule has 1 aromatic carbocycles. The second kappa shape index (κ2) is 4.79. The molecule has 2 aromatic rings. The van der Waals surface area contributed by atoms with Crippen molar-refractivity contribution in [2.75, 3.05) is 5.88 Å². The predicted molar refractivity (Wildman–Crippen MR) is 70.9 cm³/mol. The zero-order valence-electron chi connectivity index (χ0n) is 8.73. The van der Waals surface area contributed by atoms with Gasteiger partial charge in [-0.1, -0.05) is 29.3 Å². The Kier molecular flexibility index (Phi) is 3.58. The molecule has 0 aliphatic rings. The van der Waals surface area contributed by atoms with Crippen LogP contribution in [-0.4, -0.2) is 10.9 Å². The van der Waals surface area contributed by atoms with Crippen LogP contribution in [0.4, 0.5) is 0 Å². The second-order valence-electron chi connectivity index (χ2n) is 3.64. The Morgan fingerprint density at radius 3 is 2.69 bits per heavy atom. The summed E-state index contributed by atoms with van der Waals surface area (Å²) in [5.74, 6) is 0.524. The molecule has 0 unspecified atom stereocenters. The fraction of sp³-hybridized carbons (Fsp3) is 0.250. The maximum absolute atomic E-state index is 6.14. The highest BCUT2D eigenvalue weighted by atomic mass is 35.5. The van der Waals surface area contributed by atoms with Crippen molar-refractivity contribution < 1.29 is 0 Å². The smallest absolute Gasteiger partial charge is 0.133 e. The number of aromatic nitrogens is 1. The van der Waals surface area contributed by atoms with Gasteiger partial charge in [0.05, 0.1) is 5.52 Å². The summed E-state index contributed by atoms with van der Waals surface area (Å²) in [6, 6.07) is 5.79. The SMILES string of the molecule is Cc1ccc(Cl)c2cc(CCCl)c(Cl)nc12. The third kappa shape index (κ3) is 2.13. The molecule has 0 atom stereocenters. The Balaban J connectivity index is 2.73. The summed E-state index contributed by atoms with van der Waals surface area (Å²) in [5.41, 5.74) is 2.87.